The molecule has 1 heterocycles. The molecule has 1 aromatic rings. The van der Waals surface area contributed by atoms with Crippen LogP contribution < -0.4 is 4.28 Å². The van der Waals surface area contributed by atoms with Crippen LogP contribution in [0.5, 0.6) is 11.8 Å². The van der Waals surface area contributed by atoms with Crippen molar-refractivity contribution >= 4 is 10.1 Å². The summed E-state index contributed by atoms with van der Waals surface area (Å²) in [6.45, 7) is 2.54. The molecule has 0 aliphatic carbocycles. The molecule has 0 atom stereocenters. The lowest BCUT2D eigenvalue weighted by Gasteiger charge is -2.10. The highest BCUT2D eigenvalue weighted by Crippen LogP contribution is 2.33. The summed E-state index contributed by atoms with van der Waals surface area (Å²) in [7, 11) is -5.96. The molecule has 0 amide bonds. The minimum Gasteiger partial charge on any atom is -0.492 e. The number of aromatic hydroxyl groups is 2. The Morgan fingerprint density at radius 1 is 1.12 bits per heavy atom. The SMILES string of the molecule is Cc1c(C)c(O)n(OS(=O)(=O)C(F)(F)F)c1O. The van der Waals surface area contributed by atoms with Crippen molar-refractivity contribution in [2.45, 2.75) is 19.4 Å². The summed E-state index contributed by atoms with van der Waals surface area (Å²) >= 11 is 0. The van der Waals surface area contributed by atoms with E-state index in [0.717, 1.165) is 0 Å². The molecule has 0 fully saturated rings. The molecule has 0 spiro atoms. The highest BCUT2D eigenvalue weighted by atomic mass is 32.2. The van der Waals surface area contributed by atoms with Gasteiger partial charge in [0.05, 0.1) is 0 Å². The highest BCUT2D eigenvalue weighted by molar-refractivity contribution is 7.87. The molecular formula is C7H8F3NO5S. The van der Waals surface area contributed by atoms with Crippen LogP contribution in [0.1, 0.15) is 11.1 Å². The molecule has 17 heavy (non-hydrogen) atoms. The standard InChI is InChI=1S/C7H8F3NO5S/c1-3-4(2)6(13)11(5(3)12)16-17(14,15)7(8,9)10/h12-13H,1-2H3. The number of hydrogen-bond acceptors (Lipinski definition) is 5. The van der Waals surface area contributed by atoms with Crippen LogP contribution in [0, 0.1) is 13.8 Å². The summed E-state index contributed by atoms with van der Waals surface area (Å²) in [6.07, 6.45) is 0. The predicted octanol–water partition coefficient (Wildman–Crippen LogP) is 0.794. The first-order valence-electron chi connectivity index (χ1n) is 4.10. The molecule has 0 unspecified atom stereocenters. The van der Waals surface area contributed by atoms with Crippen molar-refractivity contribution in [1.82, 2.24) is 4.73 Å². The van der Waals surface area contributed by atoms with Crippen molar-refractivity contribution in [2.24, 2.45) is 0 Å². The molecule has 0 aliphatic rings. The summed E-state index contributed by atoms with van der Waals surface area (Å²) in [4.78, 5) is 0. The topological polar surface area (TPSA) is 88.8 Å². The predicted molar refractivity (Wildman–Crippen MR) is 48.8 cm³/mol. The summed E-state index contributed by atoms with van der Waals surface area (Å²) < 4.78 is 60.7. The minimum absolute atomic E-state index is 0.000116. The Balaban J connectivity index is 3.28. The van der Waals surface area contributed by atoms with E-state index in [1.807, 2.05) is 0 Å². The van der Waals surface area contributed by atoms with Crippen molar-refractivity contribution in [1.29, 1.82) is 0 Å². The zero-order valence-corrected chi connectivity index (χ0v) is 9.43. The van der Waals surface area contributed by atoms with E-state index in [9.17, 15) is 31.8 Å². The van der Waals surface area contributed by atoms with Gasteiger partial charge in [-0.05, 0) is 13.8 Å². The van der Waals surface area contributed by atoms with Crippen LogP contribution in [0.3, 0.4) is 0 Å². The molecule has 2 N–H and O–H groups in total. The van der Waals surface area contributed by atoms with Crippen LogP contribution in [0.25, 0.3) is 0 Å². The Morgan fingerprint density at radius 3 is 1.76 bits per heavy atom. The molecule has 1 rings (SSSR count). The van der Waals surface area contributed by atoms with E-state index in [1.165, 1.54) is 13.8 Å². The van der Waals surface area contributed by atoms with Crippen LogP contribution in [0.15, 0.2) is 0 Å². The Kier molecular flexibility index (Phi) is 2.95. The lowest BCUT2D eigenvalue weighted by molar-refractivity contribution is -0.0554. The Bertz CT molecular complexity index is 519. The van der Waals surface area contributed by atoms with Crippen molar-refractivity contribution in [2.75, 3.05) is 0 Å². The number of nitrogens with zero attached hydrogens (tertiary/aromatic N) is 1. The third kappa shape index (κ3) is 2.12. The number of aromatic nitrogens is 1. The van der Waals surface area contributed by atoms with E-state index >= 15 is 0 Å². The molecule has 0 saturated carbocycles. The molecule has 0 bridgehead atoms. The summed E-state index contributed by atoms with van der Waals surface area (Å²) in [5, 5.41) is 18.5. The summed E-state index contributed by atoms with van der Waals surface area (Å²) in [5.74, 6) is -1.85. The van der Waals surface area contributed by atoms with Crippen molar-refractivity contribution in [3.8, 4) is 11.8 Å². The Morgan fingerprint density at radius 2 is 1.47 bits per heavy atom. The van der Waals surface area contributed by atoms with E-state index in [1.54, 1.807) is 0 Å². The molecular weight excluding hydrogens is 267 g/mol. The van der Waals surface area contributed by atoms with Gasteiger partial charge >= 0.3 is 15.6 Å². The molecule has 0 radical (unpaired) electrons. The average molecular weight is 275 g/mol. The van der Waals surface area contributed by atoms with Gasteiger partial charge in [-0.3, -0.25) is 4.28 Å². The lowest BCUT2D eigenvalue weighted by Crippen LogP contribution is -2.32. The zero-order chi connectivity index (χ0) is 13.6. The molecule has 6 nitrogen and oxygen atoms in total. The van der Waals surface area contributed by atoms with Gasteiger partial charge in [0.1, 0.15) is 0 Å². The van der Waals surface area contributed by atoms with E-state index in [0.29, 0.717) is 0 Å². The van der Waals surface area contributed by atoms with Gasteiger partial charge in [-0.1, -0.05) is 4.73 Å². The molecule has 1 aromatic heterocycles. The molecule has 98 valence electrons. The summed E-state index contributed by atoms with van der Waals surface area (Å²) in [5.41, 5.74) is -5.66. The second kappa shape index (κ2) is 3.72. The van der Waals surface area contributed by atoms with Crippen molar-refractivity contribution < 1.29 is 36.1 Å². The first-order valence-corrected chi connectivity index (χ1v) is 5.51. The van der Waals surface area contributed by atoms with Gasteiger partial charge in [0.25, 0.3) is 0 Å². The molecule has 0 aromatic carbocycles. The van der Waals surface area contributed by atoms with Crippen LogP contribution in [0.4, 0.5) is 13.2 Å². The van der Waals surface area contributed by atoms with Crippen LogP contribution in [0.2, 0.25) is 0 Å². The van der Waals surface area contributed by atoms with Gasteiger partial charge in [-0.25, -0.2) is 0 Å². The van der Waals surface area contributed by atoms with Crippen molar-refractivity contribution in [3.63, 3.8) is 0 Å². The van der Waals surface area contributed by atoms with Crippen LogP contribution in [-0.2, 0) is 10.1 Å². The van der Waals surface area contributed by atoms with Crippen LogP contribution in [-0.4, -0.2) is 28.9 Å². The maximum Gasteiger partial charge on any atom is 0.536 e. The Labute approximate surface area is 93.9 Å². The van der Waals surface area contributed by atoms with Gasteiger partial charge < -0.3 is 10.2 Å². The third-order valence-corrected chi connectivity index (χ3v) is 2.99. The largest absolute Gasteiger partial charge is 0.536 e. The van der Waals surface area contributed by atoms with E-state index in [4.69, 9.17) is 0 Å². The first-order chi connectivity index (χ1) is 7.49. The second-order valence-electron chi connectivity index (χ2n) is 3.17. The quantitative estimate of drug-likeness (QED) is 0.779. The van der Waals surface area contributed by atoms with Gasteiger partial charge in [0.15, 0.2) is 0 Å². The van der Waals surface area contributed by atoms with E-state index in [-0.39, 0.29) is 15.9 Å². The van der Waals surface area contributed by atoms with Gasteiger partial charge in [-0.15, -0.1) is 0 Å². The van der Waals surface area contributed by atoms with E-state index in [2.05, 4.69) is 4.28 Å². The number of alkyl halides is 3. The second-order valence-corrected chi connectivity index (χ2v) is 4.69. The first kappa shape index (κ1) is 13.5. The maximum absolute atomic E-state index is 12.0. The number of rotatable bonds is 2. The monoisotopic (exact) mass is 275 g/mol. The smallest absolute Gasteiger partial charge is 0.492 e. The molecule has 0 saturated heterocycles. The third-order valence-electron chi connectivity index (χ3n) is 2.07. The normalized spacial score (nSPS) is 12.8. The van der Waals surface area contributed by atoms with Gasteiger partial charge in [0.2, 0.25) is 11.8 Å². The molecule has 0 aliphatic heterocycles. The lowest BCUT2D eigenvalue weighted by atomic mass is 10.2. The fourth-order valence-electron chi connectivity index (χ4n) is 0.951. The zero-order valence-electron chi connectivity index (χ0n) is 8.61. The fourth-order valence-corrected chi connectivity index (χ4v) is 1.37. The summed E-state index contributed by atoms with van der Waals surface area (Å²) in [6, 6.07) is 0. The van der Waals surface area contributed by atoms with Crippen LogP contribution >= 0.6 is 0 Å². The number of hydrogen-bond donors (Lipinski definition) is 2. The minimum atomic E-state index is -5.96. The highest BCUT2D eigenvalue weighted by Gasteiger charge is 2.50. The van der Waals surface area contributed by atoms with Gasteiger partial charge in [-0.2, -0.15) is 21.6 Å². The number of halogens is 3. The Hall–Kier alpha value is -1.58. The fraction of sp³-hybridized carbons (Fsp3) is 0.429. The van der Waals surface area contributed by atoms with Gasteiger partial charge in [0, 0.05) is 11.1 Å². The van der Waals surface area contributed by atoms with E-state index < -0.39 is 27.4 Å². The molecule has 10 heteroatoms. The maximum atomic E-state index is 12.0. The average Bonchev–Trinajstić information content (AvgIpc) is 2.34. The van der Waals surface area contributed by atoms with Crippen molar-refractivity contribution in [3.05, 3.63) is 11.1 Å².